The van der Waals surface area contributed by atoms with Crippen LogP contribution in [-0.2, 0) is 6.18 Å². The molecule has 1 aromatic heterocycles. The van der Waals surface area contributed by atoms with E-state index in [4.69, 9.17) is 0 Å². The molecule has 144 valence electrons. The van der Waals surface area contributed by atoms with Crippen molar-refractivity contribution >= 4 is 11.8 Å². The monoisotopic (exact) mass is 385 g/mol. The Morgan fingerprint density at radius 1 is 1.22 bits per heavy atom. The van der Waals surface area contributed by atoms with Crippen molar-refractivity contribution in [2.75, 3.05) is 19.6 Å². The molecule has 0 radical (unpaired) electrons. The van der Waals surface area contributed by atoms with Crippen LogP contribution < -0.4 is 0 Å². The maximum Gasteiger partial charge on any atom is 0.437 e. The Labute approximate surface area is 151 Å². The minimum atomic E-state index is -4.81. The molecule has 1 saturated heterocycles. The molecule has 0 N–H and O–H groups in total. The average molecular weight is 385 g/mol. The number of carbonyl (C=O) groups is 2. The molecule has 1 aliphatic heterocycles. The smallest absolute Gasteiger partial charge is 0.437 e. The van der Waals surface area contributed by atoms with Crippen LogP contribution in [0.4, 0.5) is 17.6 Å². The van der Waals surface area contributed by atoms with Gasteiger partial charge in [0, 0.05) is 31.2 Å². The maximum absolute atomic E-state index is 13.3. The Morgan fingerprint density at radius 3 is 2.59 bits per heavy atom. The molecule has 1 aromatic carbocycles. The molecule has 1 atom stereocenters. The number of nitrogens with zero attached hydrogens (tertiary/aromatic N) is 3. The second-order valence-electron chi connectivity index (χ2n) is 6.14. The van der Waals surface area contributed by atoms with Crippen molar-refractivity contribution in [1.82, 2.24) is 14.8 Å². The lowest BCUT2D eigenvalue weighted by molar-refractivity contribution is -0.141. The Morgan fingerprint density at radius 2 is 1.96 bits per heavy atom. The minimum absolute atomic E-state index is 0.0118. The molecule has 1 fully saturated rings. The zero-order valence-electron chi connectivity index (χ0n) is 14.2. The Balaban J connectivity index is 1.73. The molecule has 2 aromatic rings. The molecule has 10 heteroatoms. The summed E-state index contributed by atoms with van der Waals surface area (Å²) in [5, 5.41) is 0. The fraction of sp³-hybridized carbons (Fsp3) is 0.353. The Kier molecular flexibility index (Phi) is 4.90. The number of halogens is 4. The topological polar surface area (TPSA) is 66.7 Å². The van der Waals surface area contributed by atoms with E-state index in [1.54, 1.807) is 6.92 Å². The number of piperazine rings is 1. The van der Waals surface area contributed by atoms with E-state index in [0.717, 1.165) is 6.07 Å². The summed E-state index contributed by atoms with van der Waals surface area (Å²) in [5.41, 5.74) is -1.21. The van der Waals surface area contributed by atoms with Crippen molar-refractivity contribution in [2.45, 2.75) is 19.1 Å². The first kappa shape index (κ1) is 18.9. The van der Waals surface area contributed by atoms with Crippen LogP contribution in [0, 0.1) is 5.82 Å². The molecule has 0 unspecified atom stereocenters. The zero-order chi connectivity index (χ0) is 19.8. The Bertz CT molecular complexity index is 865. The normalized spacial score (nSPS) is 17.9. The molecule has 1 aliphatic rings. The number of hydrogen-bond acceptors (Lipinski definition) is 4. The van der Waals surface area contributed by atoms with Gasteiger partial charge < -0.3 is 14.2 Å². The molecule has 6 nitrogen and oxygen atoms in total. The number of benzene rings is 1. The summed E-state index contributed by atoms with van der Waals surface area (Å²) in [6, 6.07) is 4.73. The lowest BCUT2D eigenvalue weighted by atomic mass is 10.1. The molecule has 0 bridgehead atoms. The van der Waals surface area contributed by atoms with Gasteiger partial charge in [-0.15, -0.1) is 0 Å². The van der Waals surface area contributed by atoms with Crippen LogP contribution in [-0.4, -0.2) is 52.3 Å². The number of alkyl halides is 3. The van der Waals surface area contributed by atoms with E-state index in [2.05, 4.69) is 9.40 Å². The molecule has 2 amide bonds. The van der Waals surface area contributed by atoms with Crippen LogP contribution in [0.3, 0.4) is 0 Å². The van der Waals surface area contributed by atoms with Gasteiger partial charge in [0.15, 0.2) is 12.1 Å². The number of oxazole rings is 1. The highest BCUT2D eigenvalue weighted by molar-refractivity contribution is 5.95. The van der Waals surface area contributed by atoms with Gasteiger partial charge in [-0.3, -0.25) is 9.59 Å². The maximum atomic E-state index is 13.3. The summed E-state index contributed by atoms with van der Waals surface area (Å²) in [4.78, 5) is 30.6. The van der Waals surface area contributed by atoms with Crippen molar-refractivity contribution in [1.29, 1.82) is 0 Å². The lowest BCUT2D eigenvalue weighted by Gasteiger charge is -2.39. The van der Waals surface area contributed by atoms with E-state index < -0.39 is 41.3 Å². The van der Waals surface area contributed by atoms with Gasteiger partial charge in [0.2, 0.25) is 5.76 Å². The number of rotatable bonds is 2. The summed E-state index contributed by atoms with van der Waals surface area (Å²) in [7, 11) is 0. The highest BCUT2D eigenvalue weighted by atomic mass is 19.4. The fourth-order valence-corrected chi connectivity index (χ4v) is 2.97. The molecular weight excluding hydrogens is 370 g/mol. The van der Waals surface area contributed by atoms with Crippen molar-refractivity contribution < 1.29 is 31.6 Å². The summed E-state index contributed by atoms with van der Waals surface area (Å²) in [6.07, 6.45) is -4.23. The van der Waals surface area contributed by atoms with Gasteiger partial charge in [0.05, 0.1) is 0 Å². The highest BCUT2D eigenvalue weighted by Gasteiger charge is 2.42. The summed E-state index contributed by atoms with van der Waals surface area (Å²) >= 11 is 0. The molecule has 0 spiro atoms. The minimum Gasteiger partial charge on any atom is -0.438 e. The second kappa shape index (κ2) is 7.01. The lowest BCUT2D eigenvalue weighted by Crippen LogP contribution is -2.55. The van der Waals surface area contributed by atoms with Gasteiger partial charge in [-0.2, -0.15) is 13.2 Å². The number of carbonyl (C=O) groups excluding carboxylic acids is 2. The summed E-state index contributed by atoms with van der Waals surface area (Å²) < 4.78 is 56.7. The van der Waals surface area contributed by atoms with Gasteiger partial charge in [0.25, 0.3) is 11.8 Å². The van der Waals surface area contributed by atoms with Crippen LogP contribution in [0.1, 0.15) is 33.5 Å². The molecular formula is C17H15F4N3O3. The van der Waals surface area contributed by atoms with E-state index in [9.17, 15) is 27.2 Å². The van der Waals surface area contributed by atoms with Crippen LogP contribution in [0.15, 0.2) is 35.1 Å². The number of aromatic nitrogens is 1. The van der Waals surface area contributed by atoms with Gasteiger partial charge in [-0.25, -0.2) is 9.37 Å². The van der Waals surface area contributed by atoms with Crippen molar-refractivity contribution in [3.63, 3.8) is 0 Å². The standard InChI is InChI=1S/C17H15F4N3O3/c1-10-8-23(16(26)13-14(17(19,20)21)22-9-27-13)5-6-24(10)15(25)11-3-2-4-12(18)7-11/h2-4,7,9-10H,5-6,8H2,1H3/t10-/m1/s1. The molecule has 0 saturated carbocycles. The second-order valence-corrected chi connectivity index (χ2v) is 6.14. The first-order chi connectivity index (χ1) is 12.7. The predicted molar refractivity (Wildman–Crippen MR) is 84.3 cm³/mol. The summed E-state index contributed by atoms with van der Waals surface area (Å²) in [5.74, 6) is -2.78. The Hall–Kier alpha value is -2.91. The number of hydrogen-bond donors (Lipinski definition) is 0. The third kappa shape index (κ3) is 3.79. The summed E-state index contributed by atoms with van der Waals surface area (Å²) in [6.45, 7) is 1.78. The number of amides is 2. The fourth-order valence-electron chi connectivity index (χ4n) is 2.97. The molecule has 3 rings (SSSR count). The first-order valence-electron chi connectivity index (χ1n) is 8.05. The third-order valence-electron chi connectivity index (χ3n) is 4.28. The first-order valence-corrected chi connectivity index (χ1v) is 8.05. The average Bonchev–Trinajstić information content (AvgIpc) is 3.10. The van der Waals surface area contributed by atoms with E-state index in [0.29, 0.717) is 6.39 Å². The van der Waals surface area contributed by atoms with Gasteiger partial charge in [-0.05, 0) is 25.1 Å². The third-order valence-corrected chi connectivity index (χ3v) is 4.28. The van der Waals surface area contributed by atoms with Crippen molar-refractivity contribution in [2.24, 2.45) is 0 Å². The van der Waals surface area contributed by atoms with Gasteiger partial charge in [-0.1, -0.05) is 6.07 Å². The highest BCUT2D eigenvalue weighted by Crippen LogP contribution is 2.31. The van der Waals surface area contributed by atoms with E-state index in [-0.39, 0.29) is 25.2 Å². The van der Waals surface area contributed by atoms with Gasteiger partial charge in [0.1, 0.15) is 5.82 Å². The zero-order valence-corrected chi connectivity index (χ0v) is 14.2. The van der Waals surface area contributed by atoms with Crippen LogP contribution in [0.2, 0.25) is 0 Å². The van der Waals surface area contributed by atoms with Crippen molar-refractivity contribution in [3.05, 3.63) is 53.5 Å². The van der Waals surface area contributed by atoms with E-state index >= 15 is 0 Å². The quantitative estimate of drug-likeness (QED) is 0.746. The van der Waals surface area contributed by atoms with Gasteiger partial charge >= 0.3 is 6.18 Å². The molecule has 27 heavy (non-hydrogen) atoms. The van der Waals surface area contributed by atoms with Crippen LogP contribution in [0.25, 0.3) is 0 Å². The predicted octanol–water partition coefficient (Wildman–Crippen LogP) is 2.82. The van der Waals surface area contributed by atoms with Crippen molar-refractivity contribution in [3.8, 4) is 0 Å². The van der Waals surface area contributed by atoms with E-state index in [1.165, 1.54) is 28.0 Å². The largest absolute Gasteiger partial charge is 0.438 e. The van der Waals surface area contributed by atoms with Crippen LogP contribution >= 0.6 is 0 Å². The molecule has 2 heterocycles. The SMILES string of the molecule is C[C@@H]1CN(C(=O)c2ocnc2C(F)(F)F)CCN1C(=O)c1cccc(F)c1. The van der Waals surface area contributed by atoms with E-state index in [1.807, 2.05) is 0 Å². The van der Waals surface area contributed by atoms with Crippen LogP contribution in [0.5, 0.6) is 0 Å². The molecule has 0 aliphatic carbocycles.